The van der Waals surface area contributed by atoms with Crippen molar-refractivity contribution in [3.8, 4) is 0 Å². The molecule has 0 atom stereocenters. The molecule has 3 aromatic rings. The van der Waals surface area contributed by atoms with Crippen LogP contribution >= 0.6 is 11.6 Å². The summed E-state index contributed by atoms with van der Waals surface area (Å²) in [6, 6.07) is 6.73. The summed E-state index contributed by atoms with van der Waals surface area (Å²) in [4.78, 5) is 6.78. The number of aromatic amines is 1. The molecule has 1 N–H and O–H groups in total. The largest absolute Gasteiger partial charge is 0.342 e. The Morgan fingerprint density at radius 3 is 2.60 bits per heavy atom. The normalized spacial score (nSPS) is 11.2. The Bertz CT molecular complexity index is 778. The fraction of sp³-hybridized carbons (Fsp3) is 0.0714. The van der Waals surface area contributed by atoms with Crippen molar-refractivity contribution in [1.82, 2.24) is 9.97 Å². The van der Waals surface area contributed by atoms with E-state index in [2.05, 4.69) is 9.97 Å². The third kappa shape index (κ3) is 2.14. The highest BCUT2D eigenvalue weighted by Crippen LogP contribution is 2.23. The van der Waals surface area contributed by atoms with Gasteiger partial charge in [-0.15, -0.1) is 0 Å². The number of hydrogen-bond donors (Lipinski definition) is 1. The molecule has 3 rings (SSSR count). The van der Waals surface area contributed by atoms with Gasteiger partial charge >= 0.3 is 0 Å². The van der Waals surface area contributed by atoms with Gasteiger partial charge in [-0.1, -0.05) is 17.7 Å². The highest BCUT2D eigenvalue weighted by molar-refractivity contribution is 6.31. The zero-order valence-corrected chi connectivity index (χ0v) is 10.8. The fourth-order valence-electron chi connectivity index (χ4n) is 2.02. The van der Waals surface area contributed by atoms with Gasteiger partial charge in [0.25, 0.3) is 0 Å². The Morgan fingerprint density at radius 2 is 1.85 bits per heavy atom. The van der Waals surface area contributed by atoms with Gasteiger partial charge in [-0.25, -0.2) is 18.2 Å². The molecular weight excluding hydrogens is 289 g/mol. The predicted molar refractivity (Wildman–Crippen MR) is 70.2 cm³/mol. The number of aromatic nitrogens is 2. The van der Waals surface area contributed by atoms with Gasteiger partial charge in [-0.2, -0.15) is 0 Å². The molecule has 0 bridgehead atoms. The Hall–Kier alpha value is -2.01. The van der Waals surface area contributed by atoms with Crippen LogP contribution in [0.25, 0.3) is 11.0 Å². The molecule has 2 aromatic carbocycles. The minimum absolute atomic E-state index is 0.0707. The van der Waals surface area contributed by atoms with E-state index in [1.54, 1.807) is 6.07 Å². The molecule has 0 saturated carbocycles. The first-order chi connectivity index (χ1) is 9.56. The maximum absolute atomic E-state index is 13.7. The van der Waals surface area contributed by atoms with Gasteiger partial charge in [0.1, 0.15) is 17.2 Å². The van der Waals surface area contributed by atoms with Gasteiger partial charge in [0, 0.05) is 17.0 Å². The van der Waals surface area contributed by atoms with Gasteiger partial charge in [0.05, 0.1) is 5.52 Å². The van der Waals surface area contributed by atoms with Gasteiger partial charge in [-0.3, -0.25) is 0 Å². The van der Waals surface area contributed by atoms with Gasteiger partial charge < -0.3 is 4.98 Å². The number of fused-ring (bicyclic) bond motifs is 1. The zero-order chi connectivity index (χ0) is 14.3. The summed E-state index contributed by atoms with van der Waals surface area (Å²) in [7, 11) is 0. The Labute approximate surface area is 117 Å². The van der Waals surface area contributed by atoms with Crippen molar-refractivity contribution in [2.45, 2.75) is 6.42 Å². The highest BCUT2D eigenvalue weighted by atomic mass is 35.5. The second-order valence-corrected chi connectivity index (χ2v) is 4.73. The molecule has 0 aliphatic heterocycles. The lowest BCUT2D eigenvalue weighted by atomic mass is 10.1. The SMILES string of the molecule is Fc1cccc(Cl)c1Cc1nc2c(F)c(F)ccc2[nH]1. The van der Waals surface area contributed by atoms with Crippen molar-refractivity contribution >= 4 is 22.6 Å². The molecule has 0 radical (unpaired) electrons. The third-order valence-corrected chi connectivity index (χ3v) is 3.35. The molecule has 20 heavy (non-hydrogen) atoms. The first-order valence-electron chi connectivity index (χ1n) is 5.81. The van der Waals surface area contributed by atoms with Crippen molar-refractivity contribution in [2.24, 2.45) is 0 Å². The monoisotopic (exact) mass is 296 g/mol. The summed E-state index contributed by atoms with van der Waals surface area (Å²) in [5.41, 5.74) is 0.507. The molecule has 0 fully saturated rings. The van der Waals surface area contributed by atoms with Crippen LogP contribution in [0.2, 0.25) is 5.02 Å². The van der Waals surface area contributed by atoms with Crippen molar-refractivity contribution in [1.29, 1.82) is 0 Å². The van der Waals surface area contributed by atoms with Crippen LogP contribution in [0.15, 0.2) is 30.3 Å². The molecule has 1 heterocycles. The predicted octanol–water partition coefficient (Wildman–Crippen LogP) is 4.22. The van der Waals surface area contributed by atoms with E-state index >= 15 is 0 Å². The maximum Gasteiger partial charge on any atom is 0.186 e. The van der Waals surface area contributed by atoms with Crippen molar-refractivity contribution in [3.05, 3.63) is 64.2 Å². The summed E-state index contributed by atoms with van der Waals surface area (Å²) in [6.07, 6.45) is 0.0707. The number of halogens is 4. The van der Waals surface area contributed by atoms with E-state index in [0.717, 1.165) is 6.07 Å². The van der Waals surface area contributed by atoms with Crippen LogP contribution in [0.5, 0.6) is 0 Å². The minimum atomic E-state index is -1.02. The summed E-state index contributed by atoms with van der Waals surface area (Å²) in [5.74, 6) is -2.15. The number of benzene rings is 2. The molecule has 1 aromatic heterocycles. The van der Waals surface area contributed by atoms with Gasteiger partial charge in [-0.05, 0) is 24.3 Å². The molecule has 2 nitrogen and oxygen atoms in total. The van der Waals surface area contributed by atoms with E-state index < -0.39 is 17.5 Å². The Balaban J connectivity index is 2.06. The molecule has 0 aliphatic rings. The van der Waals surface area contributed by atoms with Crippen LogP contribution in [0.3, 0.4) is 0 Å². The number of nitrogens with one attached hydrogen (secondary N) is 1. The smallest absolute Gasteiger partial charge is 0.186 e. The lowest BCUT2D eigenvalue weighted by molar-refractivity contribution is 0.515. The summed E-state index contributed by atoms with van der Waals surface area (Å²) >= 11 is 5.92. The number of hydrogen-bond acceptors (Lipinski definition) is 1. The van der Waals surface area contributed by atoms with Crippen molar-refractivity contribution in [3.63, 3.8) is 0 Å². The topological polar surface area (TPSA) is 28.7 Å². The van der Waals surface area contributed by atoms with Gasteiger partial charge in [0.2, 0.25) is 0 Å². The zero-order valence-electron chi connectivity index (χ0n) is 10.1. The van der Waals surface area contributed by atoms with Crippen molar-refractivity contribution in [2.75, 3.05) is 0 Å². The highest BCUT2D eigenvalue weighted by Gasteiger charge is 2.14. The summed E-state index contributed by atoms with van der Waals surface area (Å²) in [5, 5.41) is 0.261. The molecular formula is C14H8ClF3N2. The fourth-order valence-corrected chi connectivity index (χ4v) is 2.25. The van der Waals surface area contributed by atoms with Crippen LogP contribution in [0, 0.1) is 17.5 Å². The Morgan fingerprint density at radius 1 is 1.05 bits per heavy atom. The maximum atomic E-state index is 13.7. The van der Waals surface area contributed by atoms with E-state index in [1.807, 2.05) is 0 Å². The second kappa shape index (κ2) is 4.83. The standard InChI is InChI=1S/C14H8ClF3N2/c15-8-2-1-3-9(16)7(8)6-12-19-11-5-4-10(17)13(18)14(11)20-12/h1-5H,6H2,(H,19,20). The van der Waals surface area contributed by atoms with E-state index in [9.17, 15) is 13.2 Å². The number of nitrogens with zero attached hydrogens (tertiary/aromatic N) is 1. The van der Waals surface area contributed by atoms with Crippen LogP contribution in [-0.2, 0) is 6.42 Å². The van der Waals surface area contributed by atoms with Gasteiger partial charge in [0.15, 0.2) is 11.6 Å². The first-order valence-corrected chi connectivity index (χ1v) is 6.19. The first kappa shape index (κ1) is 13.0. The second-order valence-electron chi connectivity index (χ2n) is 4.32. The third-order valence-electron chi connectivity index (χ3n) is 3.00. The lowest BCUT2D eigenvalue weighted by Gasteiger charge is -2.03. The average molecular weight is 297 g/mol. The molecule has 6 heteroatoms. The molecule has 0 aliphatic carbocycles. The lowest BCUT2D eigenvalue weighted by Crippen LogP contribution is -1.95. The Kier molecular flexibility index (Phi) is 3.14. The molecule has 0 unspecified atom stereocenters. The average Bonchev–Trinajstić information content (AvgIpc) is 2.82. The summed E-state index contributed by atoms with van der Waals surface area (Å²) < 4.78 is 40.3. The molecule has 0 spiro atoms. The molecule has 0 amide bonds. The van der Waals surface area contributed by atoms with Crippen LogP contribution in [-0.4, -0.2) is 9.97 Å². The van der Waals surface area contributed by atoms with E-state index in [-0.39, 0.29) is 22.5 Å². The summed E-state index contributed by atoms with van der Waals surface area (Å²) in [6.45, 7) is 0. The van der Waals surface area contributed by atoms with E-state index in [0.29, 0.717) is 11.3 Å². The van der Waals surface area contributed by atoms with E-state index in [1.165, 1.54) is 18.2 Å². The number of rotatable bonds is 2. The number of H-pyrrole nitrogens is 1. The molecule has 102 valence electrons. The van der Waals surface area contributed by atoms with Crippen LogP contribution in [0.1, 0.15) is 11.4 Å². The minimum Gasteiger partial charge on any atom is -0.342 e. The van der Waals surface area contributed by atoms with Crippen LogP contribution < -0.4 is 0 Å². The van der Waals surface area contributed by atoms with Crippen LogP contribution in [0.4, 0.5) is 13.2 Å². The quantitative estimate of drug-likeness (QED) is 0.753. The number of imidazole rings is 1. The van der Waals surface area contributed by atoms with E-state index in [4.69, 9.17) is 11.6 Å². The van der Waals surface area contributed by atoms with Crippen molar-refractivity contribution < 1.29 is 13.2 Å². The molecule has 0 saturated heterocycles.